The molecule has 1 aliphatic rings. The van der Waals surface area contributed by atoms with Crippen LogP contribution in [-0.2, 0) is 16.1 Å². The Morgan fingerprint density at radius 3 is 2.43 bits per heavy atom. The number of primary amides is 1. The van der Waals surface area contributed by atoms with Gasteiger partial charge in [0.05, 0.1) is 0 Å². The number of aryl methyl sites for hydroxylation is 2. The number of rotatable bonds is 6. The zero-order chi connectivity index (χ0) is 20.1. The maximum absolute atomic E-state index is 13.0. The second-order valence-corrected chi connectivity index (χ2v) is 7.76. The second-order valence-electron chi connectivity index (χ2n) is 7.76. The third-order valence-corrected chi connectivity index (χ3v) is 5.58. The Morgan fingerprint density at radius 2 is 1.79 bits per heavy atom. The topological polar surface area (TPSA) is 75.4 Å². The molecule has 0 saturated carbocycles. The van der Waals surface area contributed by atoms with Crippen molar-refractivity contribution in [2.45, 2.75) is 33.2 Å². The van der Waals surface area contributed by atoms with Crippen molar-refractivity contribution in [2.24, 2.45) is 17.6 Å². The third kappa shape index (κ3) is 4.78. The molecule has 3 rings (SSSR count). The summed E-state index contributed by atoms with van der Waals surface area (Å²) in [6.45, 7) is 6.38. The first kappa shape index (κ1) is 20.1. The van der Waals surface area contributed by atoms with Crippen molar-refractivity contribution >= 4 is 17.5 Å². The Hall–Kier alpha value is -2.66. The molecule has 1 saturated heterocycles. The van der Waals surface area contributed by atoms with Crippen LogP contribution in [0.25, 0.3) is 0 Å². The van der Waals surface area contributed by atoms with Crippen molar-refractivity contribution in [1.29, 1.82) is 0 Å². The molecule has 5 heteroatoms. The summed E-state index contributed by atoms with van der Waals surface area (Å²) in [6.07, 6.45) is 1.79. The lowest BCUT2D eigenvalue weighted by molar-refractivity contribution is -0.133. The molecule has 2 amide bonds. The average molecular weight is 380 g/mol. The van der Waals surface area contributed by atoms with Gasteiger partial charge in [-0.2, -0.15) is 0 Å². The number of likely N-dealkylation sites (tertiary alicyclic amines) is 1. The second kappa shape index (κ2) is 9.02. The van der Waals surface area contributed by atoms with Crippen LogP contribution in [-0.4, -0.2) is 29.8 Å². The first-order valence-corrected chi connectivity index (χ1v) is 9.88. The number of hydrogen-bond donors (Lipinski definition) is 2. The third-order valence-electron chi connectivity index (χ3n) is 5.58. The van der Waals surface area contributed by atoms with Crippen LogP contribution in [0.3, 0.4) is 0 Å². The van der Waals surface area contributed by atoms with Crippen LogP contribution >= 0.6 is 0 Å². The molecular weight excluding hydrogens is 350 g/mol. The molecule has 0 radical (unpaired) electrons. The van der Waals surface area contributed by atoms with E-state index in [0.717, 1.165) is 42.7 Å². The Balaban J connectivity index is 1.72. The van der Waals surface area contributed by atoms with Crippen molar-refractivity contribution in [3.05, 3.63) is 65.2 Å². The van der Waals surface area contributed by atoms with Crippen molar-refractivity contribution < 1.29 is 9.59 Å². The normalized spacial score (nSPS) is 18.4. The zero-order valence-electron chi connectivity index (χ0n) is 16.7. The Morgan fingerprint density at radius 1 is 1.11 bits per heavy atom. The van der Waals surface area contributed by atoms with E-state index < -0.39 is 11.8 Å². The number of nitrogens with zero attached hydrogens (tertiary/aromatic N) is 1. The van der Waals surface area contributed by atoms with E-state index >= 15 is 0 Å². The van der Waals surface area contributed by atoms with Gasteiger partial charge in [0.1, 0.15) is 5.92 Å². The number of carbonyl (C=O) groups is 2. The number of nitrogens with two attached hydrogens (primary N) is 1. The number of piperidine rings is 1. The Kier molecular flexibility index (Phi) is 6.47. The quantitative estimate of drug-likeness (QED) is 0.757. The summed E-state index contributed by atoms with van der Waals surface area (Å²) in [5.74, 6) is -1.73. The molecule has 1 heterocycles. The van der Waals surface area contributed by atoms with Crippen molar-refractivity contribution in [2.75, 3.05) is 18.4 Å². The summed E-state index contributed by atoms with van der Waals surface area (Å²) in [6, 6.07) is 16.1. The zero-order valence-corrected chi connectivity index (χ0v) is 16.7. The van der Waals surface area contributed by atoms with E-state index in [1.165, 1.54) is 5.56 Å². The smallest absolute Gasteiger partial charge is 0.237 e. The van der Waals surface area contributed by atoms with Gasteiger partial charge in [0.15, 0.2) is 0 Å². The van der Waals surface area contributed by atoms with E-state index in [2.05, 4.69) is 22.3 Å². The van der Waals surface area contributed by atoms with Crippen LogP contribution < -0.4 is 11.1 Å². The van der Waals surface area contributed by atoms with Gasteiger partial charge in [-0.25, -0.2) is 0 Å². The fourth-order valence-electron chi connectivity index (χ4n) is 4.14. The largest absolute Gasteiger partial charge is 0.369 e. The number of hydrogen-bond acceptors (Lipinski definition) is 3. The molecule has 0 aromatic heterocycles. The summed E-state index contributed by atoms with van der Waals surface area (Å²) in [5.41, 5.74) is 9.64. The molecule has 2 atom stereocenters. The first-order chi connectivity index (χ1) is 13.5. The van der Waals surface area contributed by atoms with E-state index in [4.69, 9.17) is 5.73 Å². The minimum Gasteiger partial charge on any atom is -0.369 e. The summed E-state index contributed by atoms with van der Waals surface area (Å²) >= 11 is 0. The maximum Gasteiger partial charge on any atom is 0.237 e. The minimum absolute atomic E-state index is 0.0701. The molecule has 2 aromatic carbocycles. The Bertz CT molecular complexity index is 815. The van der Waals surface area contributed by atoms with E-state index in [1.807, 2.05) is 50.2 Å². The number of carbonyl (C=O) groups excluding carboxylic acids is 2. The standard InChI is InChI=1S/C23H29N3O2/c1-16-8-6-9-17(2)21(16)25-23(28)20(22(24)27)19-12-7-13-26(15-19)14-18-10-4-3-5-11-18/h3-6,8-11,19-20H,7,12-15H2,1-2H3,(H2,24,27)(H,25,28). The van der Waals surface area contributed by atoms with Crippen molar-refractivity contribution in [3.63, 3.8) is 0 Å². The summed E-state index contributed by atoms with van der Waals surface area (Å²) in [5, 5.41) is 2.96. The number of para-hydroxylation sites is 1. The van der Waals surface area contributed by atoms with Crippen LogP contribution in [0.5, 0.6) is 0 Å². The van der Waals surface area contributed by atoms with Gasteiger partial charge >= 0.3 is 0 Å². The van der Waals surface area contributed by atoms with Gasteiger partial charge in [0.25, 0.3) is 0 Å². The van der Waals surface area contributed by atoms with Gasteiger partial charge in [-0.3, -0.25) is 14.5 Å². The van der Waals surface area contributed by atoms with Crippen LogP contribution in [0, 0.1) is 25.7 Å². The summed E-state index contributed by atoms with van der Waals surface area (Å²) < 4.78 is 0. The fraction of sp³-hybridized carbons (Fsp3) is 0.391. The molecule has 2 unspecified atom stereocenters. The van der Waals surface area contributed by atoms with E-state index in [9.17, 15) is 9.59 Å². The van der Waals surface area contributed by atoms with Gasteiger partial charge in [-0.1, -0.05) is 48.5 Å². The highest BCUT2D eigenvalue weighted by molar-refractivity contribution is 6.06. The molecule has 148 valence electrons. The molecule has 1 fully saturated rings. The lowest BCUT2D eigenvalue weighted by atomic mass is 9.84. The predicted molar refractivity (Wildman–Crippen MR) is 112 cm³/mol. The fourth-order valence-corrected chi connectivity index (χ4v) is 4.14. The number of nitrogens with one attached hydrogen (secondary N) is 1. The molecule has 28 heavy (non-hydrogen) atoms. The van der Waals surface area contributed by atoms with Crippen molar-refractivity contribution in [1.82, 2.24) is 4.90 Å². The van der Waals surface area contributed by atoms with Gasteiger partial charge in [-0.15, -0.1) is 0 Å². The molecule has 0 bridgehead atoms. The van der Waals surface area contributed by atoms with Gasteiger partial charge in [0.2, 0.25) is 11.8 Å². The molecule has 0 spiro atoms. The highest BCUT2D eigenvalue weighted by Gasteiger charge is 2.36. The van der Waals surface area contributed by atoms with Crippen molar-refractivity contribution in [3.8, 4) is 0 Å². The van der Waals surface area contributed by atoms with Crippen LogP contribution in [0.4, 0.5) is 5.69 Å². The van der Waals surface area contributed by atoms with Crippen LogP contribution in [0.15, 0.2) is 48.5 Å². The highest BCUT2D eigenvalue weighted by atomic mass is 16.2. The predicted octanol–water partition coefficient (Wildman–Crippen LogP) is 3.26. The SMILES string of the molecule is Cc1cccc(C)c1NC(=O)C(C(N)=O)C1CCCN(Cc2ccccc2)C1. The first-order valence-electron chi connectivity index (χ1n) is 9.88. The monoisotopic (exact) mass is 379 g/mol. The van der Waals surface area contributed by atoms with Gasteiger partial charge in [-0.05, 0) is 55.8 Å². The lowest BCUT2D eigenvalue weighted by Gasteiger charge is -2.35. The highest BCUT2D eigenvalue weighted by Crippen LogP contribution is 2.28. The van der Waals surface area contributed by atoms with E-state index in [0.29, 0.717) is 6.54 Å². The minimum atomic E-state index is -0.822. The van der Waals surface area contributed by atoms with Crippen LogP contribution in [0.2, 0.25) is 0 Å². The van der Waals surface area contributed by atoms with Gasteiger partial charge < -0.3 is 11.1 Å². The van der Waals surface area contributed by atoms with E-state index in [-0.39, 0.29) is 11.8 Å². The molecule has 5 nitrogen and oxygen atoms in total. The molecule has 0 aliphatic carbocycles. The van der Waals surface area contributed by atoms with Gasteiger partial charge in [0, 0.05) is 18.8 Å². The maximum atomic E-state index is 13.0. The number of benzene rings is 2. The Labute approximate surface area is 166 Å². The average Bonchev–Trinajstić information content (AvgIpc) is 2.66. The molecule has 2 aromatic rings. The molecular formula is C23H29N3O2. The van der Waals surface area contributed by atoms with Crippen LogP contribution in [0.1, 0.15) is 29.5 Å². The number of anilines is 1. The summed E-state index contributed by atoms with van der Waals surface area (Å²) in [4.78, 5) is 27.5. The van der Waals surface area contributed by atoms with E-state index in [1.54, 1.807) is 0 Å². The lowest BCUT2D eigenvalue weighted by Crippen LogP contribution is -2.46. The summed E-state index contributed by atoms with van der Waals surface area (Å²) in [7, 11) is 0. The molecule has 1 aliphatic heterocycles. The molecule has 3 N–H and O–H groups in total. The number of amides is 2.